The number of esters is 3. The van der Waals surface area contributed by atoms with Crippen LogP contribution in [0, 0.1) is 23.2 Å². The summed E-state index contributed by atoms with van der Waals surface area (Å²) in [5, 5.41) is 0. The predicted molar refractivity (Wildman–Crippen MR) is 130 cm³/mol. The maximum Gasteiger partial charge on any atom is 0.343 e. The van der Waals surface area contributed by atoms with Crippen LogP contribution in [0.5, 0.6) is 5.75 Å². The average Bonchev–Trinajstić information content (AvgIpc) is 3.44. The molecule has 0 bridgehead atoms. The Kier molecular flexibility index (Phi) is 6.38. The molecule has 0 radical (unpaired) electrons. The second-order valence-corrected chi connectivity index (χ2v) is 10.3. The highest BCUT2D eigenvalue weighted by molar-refractivity contribution is 6.04. The first-order chi connectivity index (χ1) is 18.1. The van der Waals surface area contributed by atoms with Crippen molar-refractivity contribution >= 4 is 23.7 Å². The van der Waals surface area contributed by atoms with E-state index in [0.717, 1.165) is 0 Å². The minimum Gasteiger partial charge on any atom is -0.497 e. The fraction of sp³-hybridized carbons (Fsp3) is 0.429. The second-order valence-electron chi connectivity index (χ2n) is 10.3. The van der Waals surface area contributed by atoms with Gasteiger partial charge >= 0.3 is 17.9 Å². The highest BCUT2D eigenvalue weighted by atomic mass is 16.6. The van der Waals surface area contributed by atoms with Gasteiger partial charge in [0.05, 0.1) is 50.1 Å². The Balaban J connectivity index is 1.56. The number of ketones is 1. The van der Waals surface area contributed by atoms with E-state index in [1.165, 1.54) is 45.0 Å². The molecule has 200 valence electrons. The van der Waals surface area contributed by atoms with Crippen LogP contribution in [0.1, 0.15) is 48.2 Å². The number of fused-ring (bicyclic) bond motifs is 3. The van der Waals surface area contributed by atoms with Crippen LogP contribution in [0.3, 0.4) is 0 Å². The Hall–Kier alpha value is -3.92. The first-order valence-electron chi connectivity index (χ1n) is 12.3. The Morgan fingerprint density at radius 1 is 1.16 bits per heavy atom. The zero-order valence-electron chi connectivity index (χ0n) is 21.3. The van der Waals surface area contributed by atoms with Crippen molar-refractivity contribution in [2.45, 2.75) is 37.8 Å². The molecule has 1 aromatic heterocycles. The van der Waals surface area contributed by atoms with E-state index in [2.05, 4.69) is 0 Å². The number of cyclic esters (lactones) is 1. The minimum atomic E-state index is -1.36. The Bertz CT molecular complexity index is 1320. The molecule has 10 heteroatoms. The number of carbonyl (C=O) groups is 4. The summed E-state index contributed by atoms with van der Waals surface area (Å²) in [5.74, 6) is -5.06. The van der Waals surface area contributed by atoms with Gasteiger partial charge < -0.3 is 29.1 Å². The molecule has 2 N–H and O–H groups in total. The lowest BCUT2D eigenvalue weighted by molar-refractivity contribution is -0.190. The molecule has 1 saturated carbocycles. The van der Waals surface area contributed by atoms with Crippen molar-refractivity contribution in [3.63, 3.8) is 0 Å². The van der Waals surface area contributed by atoms with Crippen LogP contribution >= 0.6 is 0 Å². The van der Waals surface area contributed by atoms with E-state index >= 15 is 0 Å². The highest BCUT2D eigenvalue weighted by Crippen LogP contribution is 2.60. The highest BCUT2D eigenvalue weighted by Gasteiger charge is 2.67. The number of hydrogen-bond donors (Lipinski definition) is 1. The molecule has 2 aromatic rings. The summed E-state index contributed by atoms with van der Waals surface area (Å²) in [7, 11) is 2.69. The smallest absolute Gasteiger partial charge is 0.343 e. The number of ether oxygens (including phenoxy) is 4. The summed E-state index contributed by atoms with van der Waals surface area (Å²) in [6.07, 6.45) is 4.37. The molecule has 5 rings (SSSR count). The predicted octanol–water partition coefficient (Wildman–Crippen LogP) is 3.12. The van der Waals surface area contributed by atoms with Gasteiger partial charge in [-0.3, -0.25) is 14.4 Å². The van der Waals surface area contributed by atoms with Crippen LogP contribution in [0.25, 0.3) is 0 Å². The first-order valence-corrected chi connectivity index (χ1v) is 12.3. The van der Waals surface area contributed by atoms with E-state index in [-0.39, 0.29) is 24.2 Å². The fourth-order valence-electron chi connectivity index (χ4n) is 6.46. The fourth-order valence-corrected chi connectivity index (χ4v) is 6.46. The van der Waals surface area contributed by atoms with E-state index in [0.29, 0.717) is 17.7 Å². The van der Waals surface area contributed by atoms with E-state index in [4.69, 9.17) is 29.1 Å². The summed E-state index contributed by atoms with van der Waals surface area (Å²) < 4.78 is 26.7. The number of allylic oxidation sites excluding steroid dienone is 1. The van der Waals surface area contributed by atoms with Gasteiger partial charge in [0.15, 0.2) is 5.76 Å². The van der Waals surface area contributed by atoms with Crippen molar-refractivity contribution in [1.82, 2.24) is 0 Å². The standard InChI is InChI=1S/C28H29NO9/c1-27-13-21(16-8-10-36-14-16)38-26(33)18(27)7-9-28(29)19(25(32)35-3)12-20(22(30)23(27)28)37-24(31)15-5-4-6-17(11-15)34-2/h4-6,8,10-12,14,18-19,21,23H,7,9,13,29H2,1-3H3/t18-,19-,21-,23+,27-,28+/m0/s1. The van der Waals surface area contributed by atoms with Crippen molar-refractivity contribution in [3.8, 4) is 5.75 Å². The monoisotopic (exact) mass is 523 g/mol. The molecular formula is C28H29NO9. The summed E-state index contributed by atoms with van der Waals surface area (Å²) in [4.78, 5) is 53.3. The van der Waals surface area contributed by atoms with Gasteiger partial charge in [0.25, 0.3) is 0 Å². The van der Waals surface area contributed by atoms with Crippen LogP contribution in [0.15, 0.2) is 59.1 Å². The Morgan fingerprint density at radius 2 is 1.95 bits per heavy atom. The SMILES string of the molecule is COC(=O)[C@@H]1C=C(OC(=O)c2cccc(OC)c2)C(=O)[C@@H]2[C@@]3(C)C[C@@H](c4ccoc4)OC(=O)[C@@H]3CC[C@]21N. The summed E-state index contributed by atoms with van der Waals surface area (Å²) in [6.45, 7) is 1.82. The molecular weight excluding hydrogens is 494 g/mol. The van der Waals surface area contributed by atoms with Gasteiger partial charge in [-0.05, 0) is 55.0 Å². The third kappa shape index (κ3) is 3.99. The van der Waals surface area contributed by atoms with Gasteiger partial charge in [0, 0.05) is 11.1 Å². The maximum absolute atomic E-state index is 14.1. The molecule has 38 heavy (non-hydrogen) atoms. The van der Waals surface area contributed by atoms with Gasteiger partial charge in [0.1, 0.15) is 11.9 Å². The number of furan rings is 1. The van der Waals surface area contributed by atoms with Crippen molar-refractivity contribution in [3.05, 3.63) is 65.8 Å². The second kappa shape index (κ2) is 9.43. The van der Waals surface area contributed by atoms with Crippen LogP contribution in [0.4, 0.5) is 0 Å². The van der Waals surface area contributed by atoms with E-state index in [1.807, 2.05) is 6.92 Å². The quantitative estimate of drug-likeness (QED) is 0.458. The molecule has 2 heterocycles. The molecule has 1 saturated heterocycles. The normalized spacial score (nSPS) is 32.3. The average molecular weight is 524 g/mol. The molecule has 3 aliphatic rings. The van der Waals surface area contributed by atoms with Crippen molar-refractivity contribution in [2.75, 3.05) is 14.2 Å². The number of nitrogens with two attached hydrogens (primary N) is 1. The number of Topliss-reactive ketones (excluding diaryl/α,β-unsaturated/α-hetero) is 1. The van der Waals surface area contributed by atoms with Gasteiger partial charge in [-0.1, -0.05) is 13.0 Å². The first kappa shape index (κ1) is 25.7. The number of hydrogen-bond acceptors (Lipinski definition) is 10. The molecule has 1 aromatic carbocycles. The lowest BCUT2D eigenvalue weighted by Crippen LogP contribution is -2.70. The van der Waals surface area contributed by atoms with Gasteiger partial charge in [-0.15, -0.1) is 0 Å². The van der Waals surface area contributed by atoms with Crippen LogP contribution < -0.4 is 10.5 Å². The Labute approximate surface area is 219 Å². The number of carbonyl (C=O) groups excluding carboxylic acids is 4. The van der Waals surface area contributed by atoms with Gasteiger partial charge in [-0.2, -0.15) is 0 Å². The molecule has 0 amide bonds. The number of methoxy groups -OCH3 is 2. The van der Waals surface area contributed by atoms with Crippen LogP contribution in [-0.2, 0) is 28.6 Å². The largest absolute Gasteiger partial charge is 0.497 e. The lowest BCUT2D eigenvalue weighted by Gasteiger charge is -2.59. The zero-order chi connectivity index (χ0) is 27.2. The molecule has 2 fully saturated rings. The Morgan fingerprint density at radius 3 is 2.63 bits per heavy atom. The maximum atomic E-state index is 14.1. The summed E-state index contributed by atoms with van der Waals surface area (Å²) >= 11 is 0. The number of rotatable bonds is 5. The topological polar surface area (TPSA) is 144 Å². The molecule has 0 spiro atoms. The summed E-state index contributed by atoms with van der Waals surface area (Å²) in [5.41, 5.74) is 5.37. The van der Waals surface area contributed by atoms with Crippen molar-refractivity contribution in [2.24, 2.45) is 28.9 Å². The molecule has 2 aliphatic carbocycles. The van der Waals surface area contributed by atoms with Crippen molar-refractivity contribution in [1.29, 1.82) is 0 Å². The molecule has 10 nitrogen and oxygen atoms in total. The van der Waals surface area contributed by atoms with Crippen LogP contribution in [0.2, 0.25) is 0 Å². The zero-order valence-corrected chi connectivity index (χ0v) is 21.3. The van der Waals surface area contributed by atoms with Crippen molar-refractivity contribution < 1.29 is 42.5 Å². The lowest BCUT2D eigenvalue weighted by atomic mass is 9.47. The van der Waals surface area contributed by atoms with E-state index in [1.54, 1.807) is 18.2 Å². The third-order valence-corrected chi connectivity index (χ3v) is 8.31. The van der Waals surface area contributed by atoms with E-state index in [9.17, 15) is 19.2 Å². The minimum absolute atomic E-state index is 0.159. The number of benzene rings is 1. The summed E-state index contributed by atoms with van der Waals surface area (Å²) in [6, 6.07) is 7.98. The van der Waals surface area contributed by atoms with E-state index < -0.39 is 58.5 Å². The van der Waals surface area contributed by atoms with Crippen LogP contribution in [-0.4, -0.2) is 43.4 Å². The molecule has 0 unspecified atom stereocenters. The van der Waals surface area contributed by atoms with Gasteiger partial charge in [0.2, 0.25) is 5.78 Å². The molecule has 1 aliphatic heterocycles. The third-order valence-electron chi connectivity index (χ3n) is 8.31. The van der Waals surface area contributed by atoms with Gasteiger partial charge in [-0.25, -0.2) is 4.79 Å². The molecule has 6 atom stereocenters.